The van der Waals surface area contributed by atoms with Gasteiger partial charge in [-0.15, -0.1) is 0 Å². The summed E-state index contributed by atoms with van der Waals surface area (Å²) in [7, 11) is 0. The number of fused-ring (bicyclic) bond motifs is 4. The Hall–Kier alpha value is -1.09. The summed E-state index contributed by atoms with van der Waals surface area (Å²) in [6.07, 6.45) is 4.57. The second-order valence-corrected chi connectivity index (χ2v) is 19.9. The van der Waals surface area contributed by atoms with E-state index in [1.54, 1.807) is 16.7 Å². The summed E-state index contributed by atoms with van der Waals surface area (Å²) < 4.78 is 1.37. The molecule has 0 bridgehead atoms. The first-order valence-corrected chi connectivity index (χ1v) is 16.0. The predicted octanol–water partition coefficient (Wildman–Crippen LogP) is 0.402. The Kier molecular flexibility index (Phi) is 6.74. The molecule has 2 aliphatic carbocycles. The molecule has 140 valence electrons. The van der Waals surface area contributed by atoms with Crippen molar-refractivity contribution in [2.75, 3.05) is 0 Å². The Labute approximate surface area is 186 Å². The van der Waals surface area contributed by atoms with Crippen LogP contribution in [0.25, 0.3) is 17.2 Å². The molecule has 0 nitrogen and oxygen atoms in total. The van der Waals surface area contributed by atoms with E-state index in [4.69, 9.17) is 0 Å². The zero-order chi connectivity index (χ0) is 17.7. The van der Waals surface area contributed by atoms with Gasteiger partial charge >= 0.3 is 163 Å². The summed E-state index contributed by atoms with van der Waals surface area (Å²) in [6.45, 7) is 5.14. The Morgan fingerprint density at radius 1 is 0.679 bits per heavy atom. The molecule has 5 rings (SSSR count). The topological polar surface area (TPSA) is 0 Å². The minimum atomic E-state index is -1.46. The molecule has 0 aromatic heterocycles. The van der Waals surface area contributed by atoms with Gasteiger partial charge < -0.3 is 24.8 Å². The van der Waals surface area contributed by atoms with Crippen LogP contribution in [-0.2, 0) is 16.6 Å². The normalized spacial score (nSPS) is 15.4. The molecular weight excluding hydrogens is 435 g/mol. The fourth-order valence-electron chi connectivity index (χ4n) is 4.79. The molecule has 0 amide bonds. The van der Waals surface area contributed by atoms with Gasteiger partial charge in [0, 0.05) is 0 Å². The molecular formula is C24H22Cl2SiTi. The monoisotopic (exact) mass is 456 g/mol. The zero-order valence-electron chi connectivity index (χ0n) is 16.0. The van der Waals surface area contributed by atoms with Crippen LogP contribution in [0.1, 0.15) is 30.7 Å². The van der Waals surface area contributed by atoms with Crippen LogP contribution >= 0.6 is 0 Å². The summed E-state index contributed by atoms with van der Waals surface area (Å²) in [4.78, 5) is 0. The van der Waals surface area contributed by atoms with Crippen molar-refractivity contribution in [3.8, 4) is 11.1 Å². The summed E-state index contributed by atoms with van der Waals surface area (Å²) in [5.74, 6) is 0. The Balaban J connectivity index is 0.00000112. The molecule has 0 saturated heterocycles. The number of allylic oxidation sites excluding steroid dienone is 1. The van der Waals surface area contributed by atoms with Gasteiger partial charge in [-0.1, -0.05) is 0 Å². The maximum Gasteiger partial charge on any atom is -1.00 e. The summed E-state index contributed by atoms with van der Waals surface area (Å²) in [5, 5.41) is 0. The standard InChI is InChI=1S/C13H9.C9H7.C2H6Si.2ClH.Ti/c1-3-7-12-10(5-1)9-11-6-2-4-8-13(11)12;1-2-5-9-7-3-6-8(9)4-1;1-3-2;;;/h1-9H;1-7H;1-2H3;2*1H;/q;;;;;+2/p-2. The van der Waals surface area contributed by atoms with E-state index < -0.39 is 16.6 Å². The van der Waals surface area contributed by atoms with Crippen LogP contribution in [0.15, 0.2) is 78.9 Å². The van der Waals surface area contributed by atoms with Crippen LogP contribution in [-0.4, -0.2) is 6.19 Å². The number of hydrogen-bond acceptors (Lipinski definition) is 0. The van der Waals surface area contributed by atoms with E-state index in [1.807, 2.05) is 0 Å². The van der Waals surface area contributed by atoms with Gasteiger partial charge in [-0.2, -0.15) is 0 Å². The predicted molar refractivity (Wildman–Crippen MR) is 109 cm³/mol. The third-order valence-electron chi connectivity index (χ3n) is 5.86. The van der Waals surface area contributed by atoms with Gasteiger partial charge in [0.1, 0.15) is 0 Å². The quantitative estimate of drug-likeness (QED) is 0.489. The van der Waals surface area contributed by atoms with Crippen molar-refractivity contribution in [1.82, 2.24) is 0 Å². The molecule has 1 unspecified atom stereocenters. The second kappa shape index (κ2) is 8.73. The molecule has 0 saturated carbocycles. The molecule has 4 heteroatoms. The first kappa shape index (κ1) is 21.6. The maximum absolute atomic E-state index is 2.57. The minimum absolute atomic E-state index is 0. The van der Waals surface area contributed by atoms with Crippen molar-refractivity contribution in [1.29, 1.82) is 0 Å². The van der Waals surface area contributed by atoms with Crippen molar-refractivity contribution in [3.05, 3.63) is 101 Å². The van der Waals surface area contributed by atoms with E-state index in [2.05, 4.69) is 98.0 Å². The largest absolute Gasteiger partial charge is 1.00 e. The van der Waals surface area contributed by atoms with Crippen molar-refractivity contribution in [3.63, 3.8) is 0 Å². The van der Waals surface area contributed by atoms with E-state index in [1.165, 1.54) is 16.7 Å². The molecule has 0 heterocycles. The smallest absolute Gasteiger partial charge is 1.00 e. The van der Waals surface area contributed by atoms with Crippen LogP contribution in [0.5, 0.6) is 0 Å². The fraction of sp³-hybridized carbons (Fsp3) is 0.167. The van der Waals surface area contributed by atoms with Gasteiger partial charge in [0.2, 0.25) is 0 Å². The van der Waals surface area contributed by atoms with Gasteiger partial charge in [0.15, 0.2) is 0 Å². The van der Waals surface area contributed by atoms with Gasteiger partial charge in [-0.25, -0.2) is 0 Å². The third kappa shape index (κ3) is 3.38. The molecule has 0 spiro atoms. The molecule has 2 aliphatic rings. The van der Waals surface area contributed by atoms with Crippen LogP contribution < -0.4 is 24.8 Å². The summed E-state index contributed by atoms with van der Waals surface area (Å²) in [5.41, 5.74) is 9.22. The van der Waals surface area contributed by atoms with E-state index >= 15 is 0 Å². The Morgan fingerprint density at radius 3 is 1.75 bits per heavy atom. The van der Waals surface area contributed by atoms with Crippen molar-refractivity contribution >= 4 is 12.3 Å². The number of halogens is 2. The average molecular weight is 457 g/mol. The number of hydrogen-bond donors (Lipinski definition) is 0. The third-order valence-corrected chi connectivity index (χ3v) is 18.7. The summed E-state index contributed by atoms with van der Waals surface area (Å²) >= 11 is -1.46. The van der Waals surface area contributed by atoms with Crippen molar-refractivity contribution in [2.24, 2.45) is 0 Å². The van der Waals surface area contributed by atoms with Crippen LogP contribution in [0.2, 0.25) is 13.1 Å². The zero-order valence-corrected chi connectivity index (χ0v) is 20.1. The van der Waals surface area contributed by atoms with Crippen LogP contribution in [0, 0.1) is 0 Å². The van der Waals surface area contributed by atoms with Crippen LogP contribution in [0.4, 0.5) is 0 Å². The molecule has 28 heavy (non-hydrogen) atoms. The SMILES string of the molecule is C[Si](C)=[Ti+2]([CH]1C=Cc2ccccc21)[CH]1c2ccccc2-c2ccccc21.[Cl-].[Cl-]. The van der Waals surface area contributed by atoms with E-state index in [9.17, 15) is 0 Å². The van der Waals surface area contributed by atoms with Gasteiger partial charge in [0.25, 0.3) is 0 Å². The van der Waals surface area contributed by atoms with E-state index in [-0.39, 0.29) is 31.0 Å². The summed E-state index contributed by atoms with van der Waals surface area (Å²) in [6, 6.07) is 27.4. The van der Waals surface area contributed by atoms with E-state index in [0.717, 1.165) is 0 Å². The molecule has 3 aromatic carbocycles. The molecule has 0 radical (unpaired) electrons. The first-order chi connectivity index (χ1) is 12.8. The maximum atomic E-state index is 2.57. The molecule has 3 aromatic rings. The molecule has 0 aliphatic heterocycles. The van der Waals surface area contributed by atoms with Crippen LogP contribution in [0.3, 0.4) is 0 Å². The minimum Gasteiger partial charge on any atom is -1.00 e. The van der Waals surface area contributed by atoms with Crippen molar-refractivity contribution < 1.29 is 41.4 Å². The molecule has 0 N–H and O–H groups in total. The van der Waals surface area contributed by atoms with Crippen molar-refractivity contribution in [2.45, 2.75) is 21.5 Å². The van der Waals surface area contributed by atoms with Gasteiger partial charge in [-0.3, -0.25) is 0 Å². The molecule has 0 fully saturated rings. The second-order valence-electron chi connectivity index (χ2n) is 7.53. The number of benzene rings is 3. The fourth-order valence-corrected chi connectivity index (χ4v) is 17.7. The van der Waals surface area contributed by atoms with Gasteiger partial charge in [0.05, 0.1) is 0 Å². The first-order valence-electron chi connectivity index (χ1n) is 9.38. The van der Waals surface area contributed by atoms with Gasteiger partial charge in [-0.05, 0) is 0 Å². The number of rotatable bonds is 2. The Morgan fingerprint density at radius 2 is 1.18 bits per heavy atom. The van der Waals surface area contributed by atoms with E-state index in [0.29, 0.717) is 8.45 Å². The Bertz CT molecular complexity index is 1040. The molecule has 1 atom stereocenters. The average Bonchev–Trinajstić information content (AvgIpc) is 3.23.